The standard InChI is InChI=1S/C19H39N5O/c1-6-20-19(21-12-11-18(25)23(4)5)22-15-17(16(2)3)24-13-9-7-8-10-14-24/h16-17H,6-15H2,1-5H3,(H2,20,21,22). The van der Waals surface area contributed by atoms with Crippen molar-refractivity contribution in [3.05, 3.63) is 0 Å². The van der Waals surface area contributed by atoms with Gasteiger partial charge in [-0.1, -0.05) is 26.7 Å². The van der Waals surface area contributed by atoms with Crippen molar-refractivity contribution in [3.63, 3.8) is 0 Å². The Balaban J connectivity index is 2.60. The molecule has 0 aromatic heterocycles. The fourth-order valence-electron chi connectivity index (χ4n) is 3.21. The summed E-state index contributed by atoms with van der Waals surface area (Å²) < 4.78 is 0. The van der Waals surface area contributed by atoms with Gasteiger partial charge < -0.3 is 15.5 Å². The van der Waals surface area contributed by atoms with E-state index in [9.17, 15) is 4.79 Å². The summed E-state index contributed by atoms with van der Waals surface area (Å²) in [7, 11) is 3.58. The summed E-state index contributed by atoms with van der Waals surface area (Å²) in [4.78, 5) is 20.8. The van der Waals surface area contributed by atoms with Crippen LogP contribution >= 0.6 is 0 Å². The minimum Gasteiger partial charge on any atom is -0.357 e. The van der Waals surface area contributed by atoms with Crippen LogP contribution in [0, 0.1) is 5.92 Å². The quantitative estimate of drug-likeness (QED) is 0.517. The first-order valence-electron chi connectivity index (χ1n) is 9.92. The normalized spacial score (nSPS) is 17.9. The average Bonchev–Trinajstić information content (AvgIpc) is 2.83. The van der Waals surface area contributed by atoms with Gasteiger partial charge in [0.25, 0.3) is 0 Å². The van der Waals surface area contributed by atoms with E-state index in [0.717, 1.165) is 19.0 Å². The zero-order valence-electron chi connectivity index (χ0n) is 17.0. The van der Waals surface area contributed by atoms with E-state index < -0.39 is 0 Å². The highest BCUT2D eigenvalue weighted by molar-refractivity contribution is 5.81. The van der Waals surface area contributed by atoms with Crippen LogP contribution in [0.1, 0.15) is 52.9 Å². The lowest BCUT2D eigenvalue weighted by Crippen LogP contribution is -2.44. The molecule has 25 heavy (non-hydrogen) atoms. The highest BCUT2D eigenvalue weighted by atomic mass is 16.2. The molecule has 0 radical (unpaired) electrons. The van der Waals surface area contributed by atoms with Crippen molar-refractivity contribution < 1.29 is 4.79 Å². The molecule has 0 bridgehead atoms. The number of carbonyl (C=O) groups is 1. The number of guanidine groups is 1. The predicted molar refractivity (Wildman–Crippen MR) is 106 cm³/mol. The minimum atomic E-state index is 0.132. The fourth-order valence-corrected chi connectivity index (χ4v) is 3.21. The van der Waals surface area contributed by atoms with Gasteiger partial charge in [-0.3, -0.25) is 14.7 Å². The monoisotopic (exact) mass is 353 g/mol. The largest absolute Gasteiger partial charge is 0.357 e. The van der Waals surface area contributed by atoms with Gasteiger partial charge in [-0.2, -0.15) is 0 Å². The molecule has 146 valence electrons. The second kappa shape index (κ2) is 12.1. The van der Waals surface area contributed by atoms with Crippen molar-refractivity contribution in [3.8, 4) is 0 Å². The molecule has 1 aliphatic heterocycles. The minimum absolute atomic E-state index is 0.132. The van der Waals surface area contributed by atoms with Crippen LogP contribution in [0.5, 0.6) is 0 Å². The molecular weight excluding hydrogens is 314 g/mol. The van der Waals surface area contributed by atoms with E-state index in [1.807, 2.05) is 0 Å². The third kappa shape index (κ3) is 8.56. The molecule has 1 heterocycles. The maximum Gasteiger partial charge on any atom is 0.223 e. The molecule has 0 aromatic rings. The number of hydrogen-bond donors (Lipinski definition) is 2. The van der Waals surface area contributed by atoms with Crippen molar-refractivity contribution in [2.45, 2.75) is 58.9 Å². The van der Waals surface area contributed by atoms with Crippen LogP contribution in [0.15, 0.2) is 4.99 Å². The Bertz CT molecular complexity index is 401. The number of nitrogens with zero attached hydrogens (tertiary/aromatic N) is 3. The van der Waals surface area contributed by atoms with Gasteiger partial charge in [0.05, 0.1) is 6.54 Å². The van der Waals surface area contributed by atoms with Crippen LogP contribution in [0.2, 0.25) is 0 Å². The lowest BCUT2D eigenvalue weighted by Gasteiger charge is -2.32. The molecule has 0 aromatic carbocycles. The number of rotatable bonds is 8. The number of carbonyl (C=O) groups excluding carboxylic acids is 1. The first kappa shape index (κ1) is 21.7. The Morgan fingerprint density at radius 1 is 1.12 bits per heavy atom. The van der Waals surface area contributed by atoms with Crippen molar-refractivity contribution in [1.29, 1.82) is 0 Å². The van der Waals surface area contributed by atoms with Crippen LogP contribution in [-0.2, 0) is 4.79 Å². The first-order valence-corrected chi connectivity index (χ1v) is 9.92. The highest BCUT2D eigenvalue weighted by Crippen LogP contribution is 2.17. The van der Waals surface area contributed by atoms with Crippen LogP contribution in [0.4, 0.5) is 0 Å². The van der Waals surface area contributed by atoms with Crippen LogP contribution < -0.4 is 10.6 Å². The summed E-state index contributed by atoms with van der Waals surface area (Å²) >= 11 is 0. The van der Waals surface area contributed by atoms with Gasteiger partial charge in [0.2, 0.25) is 5.91 Å². The molecule has 6 heteroatoms. The SMILES string of the molecule is CCNC(=NCC(C(C)C)N1CCCCCC1)NCCC(=O)N(C)C. The maximum atomic E-state index is 11.7. The fraction of sp³-hybridized carbons (Fsp3) is 0.895. The Kier molecular flexibility index (Phi) is 10.5. The Labute approximate surface area is 154 Å². The van der Waals surface area contributed by atoms with E-state index in [0.29, 0.717) is 24.9 Å². The Morgan fingerprint density at radius 2 is 1.76 bits per heavy atom. The summed E-state index contributed by atoms with van der Waals surface area (Å²) in [5.74, 6) is 1.53. The van der Waals surface area contributed by atoms with Crippen molar-refractivity contribution in [2.75, 3.05) is 46.8 Å². The predicted octanol–water partition coefficient (Wildman–Crippen LogP) is 1.92. The molecule has 1 fully saturated rings. The molecule has 1 unspecified atom stereocenters. The van der Waals surface area contributed by atoms with Crippen molar-refractivity contribution >= 4 is 11.9 Å². The zero-order valence-corrected chi connectivity index (χ0v) is 17.0. The lowest BCUT2D eigenvalue weighted by atomic mass is 10.0. The molecule has 6 nitrogen and oxygen atoms in total. The molecule has 1 rings (SSSR count). The number of amides is 1. The van der Waals surface area contributed by atoms with Gasteiger partial charge in [-0.15, -0.1) is 0 Å². The van der Waals surface area contributed by atoms with E-state index in [1.54, 1.807) is 19.0 Å². The van der Waals surface area contributed by atoms with Gasteiger partial charge in [0, 0.05) is 39.6 Å². The summed E-state index contributed by atoms with van der Waals surface area (Å²) in [5, 5.41) is 6.58. The van der Waals surface area contributed by atoms with Crippen LogP contribution in [-0.4, -0.2) is 74.5 Å². The first-order chi connectivity index (χ1) is 12.0. The molecule has 1 saturated heterocycles. The van der Waals surface area contributed by atoms with E-state index in [4.69, 9.17) is 4.99 Å². The summed E-state index contributed by atoms with van der Waals surface area (Å²) in [6.07, 6.45) is 5.80. The highest BCUT2D eigenvalue weighted by Gasteiger charge is 2.22. The second-order valence-corrected chi connectivity index (χ2v) is 7.45. The molecule has 0 spiro atoms. The van der Waals surface area contributed by atoms with E-state index >= 15 is 0 Å². The molecule has 1 amide bonds. The summed E-state index contributed by atoms with van der Waals surface area (Å²) in [6.45, 7) is 11.3. The number of hydrogen-bond acceptors (Lipinski definition) is 3. The van der Waals surface area contributed by atoms with Gasteiger partial charge in [0.15, 0.2) is 5.96 Å². The van der Waals surface area contributed by atoms with E-state index in [2.05, 4.69) is 36.3 Å². The van der Waals surface area contributed by atoms with Crippen molar-refractivity contribution in [2.24, 2.45) is 10.9 Å². The van der Waals surface area contributed by atoms with Crippen LogP contribution in [0.25, 0.3) is 0 Å². The van der Waals surface area contributed by atoms with Crippen LogP contribution in [0.3, 0.4) is 0 Å². The zero-order chi connectivity index (χ0) is 18.7. The molecule has 0 aliphatic carbocycles. The topological polar surface area (TPSA) is 60.0 Å². The third-order valence-corrected chi connectivity index (χ3v) is 4.79. The van der Waals surface area contributed by atoms with E-state index in [1.165, 1.54) is 38.8 Å². The molecule has 2 N–H and O–H groups in total. The average molecular weight is 354 g/mol. The molecular formula is C19H39N5O. The number of aliphatic imine (C=N–C) groups is 1. The maximum absolute atomic E-state index is 11.7. The van der Waals surface area contributed by atoms with Gasteiger partial charge >= 0.3 is 0 Å². The molecule has 1 aliphatic rings. The summed E-state index contributed by atoms with van der Waals surface area (Å²) in [6, 6.07) is 0.483. The third-order valence-electron chi connectivity index (χ3n) is 4.79. The number of likely N-dealkylation sites (tertiary alicyclic amines) is 1. The van der Waals surface area contributed by atoms with Gasteiger partial charge in [-0.05, 0) is 38.8 Å². The molecule has 1 atom stereocenters. The Morgan fingerprint density at radius 3 is 2.28 bits per heavy atom. The number of nitrogens with one attached hydrogen (secondary N) is 2. The smallest absolute Gasteiger partial charge is 0.223 e. The molecule has 0 saturated carbocycles. The summed E-state index contributed by atoms with van der Waals surface area (Å²) in [5.41, 5.74) is 0. The van der Waals surface area contributed by atoms with Gasteiger partial charge in [-0.25, -0.2) is 0 Å². The van der Waals surface area contributed by atoms with Gasteiger partial charge in [0.1, 0.15) is 0 Å². The van der Waals surface area contributed by atoms with Crippen molar-refractivity contribution in [1.82, 2.24) is 20.4 Å². The Hall–Kier alpha value is -1.30. The second-order valence-electron chi connectivity index (χ2n) is 7.45. The lowest BCUT2D eigenvalue weighted by molar-refractivity contribution is -0.128. The van der Waals surface area contributed by atoms with E-state index in [-0.39, 0.29) is 5.91 Å².